The van der Waals surface area contributed by atoms with E-state index in [0.717, 1.165) is 4.48 Å². The summed E-state index contributed by atoms with van der Waals surface area (Å²) < 4.78 is 1.12. The standard InChI is InChI=1S/C21H46N.C21H45N.BrH/c1-5-6-7-8-9-10-11-12-13-14-15-16-17-18-19-20-21-22(2,3)4;1-5-6-7-8-9-10-11-12-13-14-15-16-17-18-19-20(2)21(3,4)22;/h5-21H2,1-4H3;20H,5-19,22H2,1-4H3;1H/q+1;;. The van der Waals surface area contributed by atoms with Crippen molar-refractivity contribution >= 4 is 17.0 Å². The van der Waals surface area contributed by atoms with Crippen molar-refractivity contribution in [2.75, 3.05) is 27.7 Å². The van der Waals surface area contributed by atoms with E-state index in [9.17, 15) is 0 Å². The first-order chi connectivity index (χ1) is 21.0. The van der Waals surface area contributed by atoms with Crippen LogP contribution < -0.4 is 5.73 Å². The van der Waals surface area contributed by atoms with Crippen LogP contribution in [0.2, 0.25) is 0 Å². The van der Waals surface area contributed by atoms with Crippen molar-refractivity contribution in [3.63, 3.8) is 0 Å². The molecule has 45 heavy (non-hydrogen) atoms. The molecule has 0 fully saturated rings. The predicted molar refractivity (Wildman–Crippen MR) is 215 cm³/mol. The van der Waals surface area contributed by atoms with Gasteiger partial charge in [-0.2, -0.15) is 0 Å². The minimum atomic E-state index is -0.00343. The number of rotatable bonds is 33. The Hall–Kier alpha value is 0.400. The van der Waals surface area contributed by atoms with Crippen LogP contribution in [0.5, 0.6) is 0 Å². The third-order valence-corrected chi connectivity index (χ3v) is 9.94. The van der Waals surface area contributed by atoms with Gasteiger partial charge >= 0.3 is 0 Å². The number of nitrogens with zero attached hydrogens (tertiary/aromatic N) is 1. The average molecular weight is 705 g/mol. The summed E-state index contributed by atoms with van der Waals surface area (Å²) in [4.78, 5) is 0. The molecule has 0 amide bonds. The van der Waals surface area contributed by atoms with Gasteiger partial charge in [0, 0.05) is 5.54 Å². The van der Waals surface area contributed by atoms with Crippen molar-refractivity contribution in [2.24, 2.45) is 11.7 Å². The van der Waals surface area contributed by atoms with E-state index in [1.807, 2.05) is 0 Å². The normalized spacial score (nSPS) is 12.5. The first-order valence-electron chi connectivity index (χ1n) is 20.6. The van der Waals surface area contributed by atoms with Crippen molar-refractivity contribution in [1.29, 1.82) is 0 Å². The Morgan fingerprint density at radius 1 is 0.422 bits per heavy atom. The Morgan fingerprint density at radius 2 is 0.644 bits per heavy atom. The highest BCUT2D eigenvalue weighted by atomic mass is 79.9. The Bertz CT molecular complexity index is 522. The molecule has 276 valence electrons. The zero-order valence-electron chi connectivity index (χ0n) is 33.1. The van der Waals surface area contributed by atoms with Gasteiger partial charge in [-0.25, -0.2) is 0 Å². The van der Waals surface area contributed by atoms with Crippen LogP contribution >= 0.6 is 17.0 Å². The lowest BCUT2D eigenvalue weighted by atomic mass is 9.86. The van der Waals surface area contributed by atoms with Crippen LogP contribution in [0.1, 0.15) is 234 Å². The second kappa shape index (κ2) is 37.2. The topological polar surface area (TPSA) is 26.0 Å². The fraction of sp³-hybridized carbons (Fsp3) is 1.00. The van der Waals surface area contributed by atoms with Gasteiger partial charge in [0.2, 0.25) is 0 Å². The van der Waals surface area contributed by atoms with Gasteiger partial charge in [0.1, 0.15) is 0 Å². The molecular formula is C42H92BrN2+. The highest BCUT2D eigenvalue weighted by Crippen LogP contribution is 2.21. The van der Waals surface area contributed by atoms with E-state index in [1.165, 1.54) is 206 Å². The van der Waals surface area contributed by atoms with Gasteiger partial charge in [0.25, 0.3) is 0 Å². The average Bonchev–Trinajstić information content (AvgIpc) is 2.96. The number of hydrogen-bond donors (Lipinski definition) is 1. The first kappa shape index (κ1) is 49.8. The van der Waals surface area contributed by atoms with Gasteiger partial charge in [0.15, 0.2) is 0 Å². The second-order valence-corrected chi connectivity index (χ2v) is 16.4. The van der Waals surface area contributed by atoms with Crippen LogP contribution in [-0.2, 0) is 0 Å². The van der Waals surface area contributed by atoms with Gasteiger partial charge in [-0.1, -0.05) is 201 Å². The molecule has 0 aliphatic rings. The summed E-state index contributed by atoms with van der Waals surface area (Å²) >= 11 is 0. The maximum atomic E-state index is 6.13. The summed E-state index contributed by atoms with van der Waals surface area (Å²) in [7, 11) is 6.89. The van der Waals surface area contributed by atoms with Crippen LogP contribution in [0, 0.1) is 5.92 Å². The molecule has 0 rings (SSSR count). The minimum absolute atomic E-state index is 0. The molecule has 1 unspecified atom stereocenters. The Balaban J connectivity index is -0.000000767. The van der Waals surface area contributed by atoms with Gasteiger partial charge < -0.3 is 10.2 Å². The maximum absolute atomic E-state index is 6.13. The summed E-state index contributed by atoms with van der Waals surface area (Å²) in [5.74, 6) is 0.643. The lowest BCUT2D eigenvalue weighted by Crippen LogP contribution is -2.39. The summed E-state index contributed by atoms with van der Waals surface area (Å²) in [6.45, 7) is 12.5. The van der Waals surface area contributed by atoms with E-state index in [-0.39, 0.29) is 22.5 Å². The van der Waals surface area contributed by atoms with Crippen LogP contribution in [0.4, 0.5) is 0 Å². The summed E-state index contributed by atoms with van der Waals surface area (Å²) in [5, 5.41) is 0. The third kappa shape index (κ3) is 46.6. The lowest BCUT2D eigenvalue weighted by Gasteiger charge is -2.27. The number of halogens is 1. The van der Waals surface area contributed by atoms with Crippen molar-refractivity contribution in [1.82, 2.24) is 0 Å². The van der Waals surface area contributed by atoms with E-state index in [2.05, 4.69) is 55.8 Å². The molecular weight excluding hydrogens is 612 g/mol. The molecule has 2 nitrogen and oxygen atoms in total. The monoisotopic (exact) mass is 704 g/mol. The van der Waals surface area contributed by atoms with Crippen LogP contribution in [-0.4, -0.2) is 37.7 Å². The zero-order chi connectivity index (χ0) is 33.2. The van der Waals surface area contributed by atoms with Crippen molar-refractivity contribution in [3.8, 4) is 0 Å². The molecule has 0 spiro atoms. The fourth-order valence-corrected chi connectivity index (χ4v) is 6.15. The Kier molecular flexibility index (Phi) is 41.2. The van der Waals surface area contributed by atoms with Crippen molar-refractivity contribution < 1.29 is 4.48 Å². The van der Waals surface area contributed by atoms with Crippen LogP contribution in [0.15, 0.2) is 0 Å². The molecule has 0 aliphatic carbocycles. The SMILES string of the molecule is Br.CCCCCCCCCCCCCCCCC(C)C(C)(C)N.CCCCCCCCCCCCCCCCCC[N+](C)(C)C. The quantitative estimate of drug-likeness (QED) is 0.0534. The largest absolute Gasteiger partial charge is 0.331 e. The highest BCUT2D eigenvalue weighted by Gasteiger charge is 2.19. The Morgan fingerprint density at radius 3 is 0.867 bits per heavy atom. The van der Waals surface area contributed by atoms with Gasteiger partial charge in [-0.15, -0.1) is 17.0 Å². The van der Waals surface area contributed by atoms with Crippen LogP contribution in [0.3, 0.4) is 0 Å². The summed E-state index contributed by atoms with van der Waals surface area (Å²) in [5.41, 5.74) is 6.13. The second-order valence-electron chi connectivity index (χ2n) is 16.4. The van der Waals surface area contributed by atoms with E-state index < -0.39 is 0 Å². The molecule has 0 heterocycles. The van der Waals surface area contributed by atoms with E-state index in [4.69, 9.17) is 5.73 Å². The molecule has 0 aromatic rings. The third-order valence-electron chi connectivity index (χ3n) is 9.94. The molecule has 0 saturated carbocycles. The molecule has 2 N–H and O–H groups in total. The van der Waals surface area contributed by atoms with Crippen LogP contribution in [0.25, 0.3) is 0 Å². The molecule has 0 radical (unpaired) electrons. The van der Waals surface area contributed by atoms with Gasteiger partial charge in [0.05, 0.1) is 27.7 Å². The Labute approximate surface area is 299 Å². The van der Waals surface area contributed by atoms with E-state index in [1.54, 1.807) is 0 Å². The maximum Gasteiger partial charge on any atom is 0.0780 e. The number of hydrogen-bond acceptors (Lipinski definition) is 1. The number of unbranched alkanes of at least 4 members (excludes halogenated alkanes) is 28. The number of nitrogens with two attached hydrogens (primary N) is 1. The zero-order valence-corrected chi connectivity index (χ0v) is 34.9. The molecule has 0 saturated heterocycles. The van der Waals surface area contributed by atoms with E-state index >= 15 is 0 Å². The summed E-state index contributed by atoms with van der Waals surface area (Å²) in [6.07, 6.45) is 44.8. The molecule has 1 atom stereocenters. The summed E-state index contributed by atoms with van der Waals surface area (Å²) in [6, 6.07) is 0. The molecule has 0 aromatic heterocycles. The van der Waals surface area contributed by atoms with Gasteiger partial charge in [-0.3, -0.25) is 0 Å². The van der Waals surface area contributed by atoms with Crippen molar-refractivity contribution in [3.05, 3.63) is 0 Å². The molecule has 0 bridgehead atoms. The molecule has 3 heteroatoms. The molecule has 0 aromatic carbocycles. The fourth-order valence-electron chi connectivity index (χ4n) is 6.15. The van der Waals surface area contributed by atoms with E-state index in [0.29, 0.717) is 5.92 Å². The predicted octanol–water partition coefficient (Wildman–Crippen LogP) is 14.8. The van der Waals surface area contributed by atoms with Gasteiger partial charge in [-0.05, 0) is 39.0 Å². The number of quaternary nitrogens is 1. The van der Waals surface area contributed by atoms with Crippen molar-refractivity contribution in [2.45, 2.75) is 239 Å². The highest BCUT2D eigenvalue weighted by molar-refractivity contribution is 8.93. The first-order valence-corrected chi connectivity index (χ1v) is 20.6. The lowest BCUT2D eigenvalue weighted by molar-refractivity contribution is -0.870. The molecule has 0 aliphatic heterocycles. The smallest absolute Gasteiger partial charge is 0.0780 e. The minimum Gasteiger partial charge on any atom is -0.331 e.